The fourth-order valence-corrected chi connectivity index (χ4v) is 1.43. The molecule has 4 N–H and O–H groups in total. The summed E-state index contributed by atoms with van der Waals surface area (Å²) in [6.07, 6.45) is -4.15. The van der Waals surface area contributed by atoms with Crippen molar-refractivity contribution in [2.75, 3.05) is 7.11 Å². The smallest absolute Gasteiger partial charge is 0.418 e. The Kier molecular flexibility index (Phi) is 3.16. The van der Waals surface area contributed by atoms with Crippen molar-refractivity contribution in [1.29, 1.82) is 0 Å². The van der Waals surface area contributed by atoms with E-state index in [4.69, 9.17) is 11.5 Å². The van der Waals surface area contributed by atoms with Gasteiger partial charge in [-0.3, -0.25) is 4.79 Å². The van der Waals surface area contributed by atoms with Crippen LogP contribution >= 0.6 is 0 Å². The first-order valence-electron chi connectivity index (χ1n) is 4.38. The summed E-state index contributed by atoms with van der Waals surface area (Å²) in [4.78, 5) is 11.2. The maximum atomic E-state index is 12.4. The summed E-state index contributed by atoms with van der Waals surface area (Å²) in [6.45, 7) is 0. The van der Waals surface area contributed by atoms with Gasteiger partial charge in [0.1, 0.15) is 5.92 Å². The Balaban J connectivity index is 3.03. The van der Waals surface area contributed by atoms with Crippen LogP contribution in [0.2, 0.25) is 0 Å². The zero-order valence-corrected chi connectivity index (χ0v) is 8.47. The standard InChI is InChI=1S/C9H11F3N2O2/c1-16-8(15)4-2-7(14)5(3-6(4)13)9(10,11)12/h3-4H,2,13-14H2,1H3. The molecular formula is C9H11F3N2O2. The fraction of sp³-hybridized carbons (Fsp3) is 0.444. The van der Waals surface area contributed by atoms with E-state index in [1.54, 1.807) is 0 Å². The summed E-state index contributed by atoms with van der Waals surface area (Å²) in [5, 5.41) is 0. The second-order valence-electron chi connectivity index (χ2n) is 3.36. The Labute approximate surface area is 89.7 Å². The van der Waals surface area contributed by atoms with Gasteiger partial charge in [-0.05, 0) is 6.08 Å². The van der Waals surface area contributed by atoms with Gasteiger partial charge < -0.3 is 16.2 Å². The van der Waals surface area contributed by atoms with Crippen molar-refractivity contribution in [1.82, 2.24) is 0 Å². The van der Waals surface area contributed by atoms with E-state index in [9.17, 15) is 18.0 Å². The van der Waals surface area contributed by atoms with Crippen molar-refractivity contribution in [3.8, 4) is 0 Å². The number of rotatable bonds is 1. The van der Waals surface area contributed by atoms with E-state index in [0.717, 1.165) is 7.11 Å². The van der Waals surface area contributed by atoms with Gasteiger partial charge in [0, 0.05) is 17.8 Å². The molecule has 0 aromatic rings. The van der Waals surface area contributed by atoms with E-state index < -0.39 is 29.3 Å². The molecule has 0 heterocycles. The molecule has 0 aliphatic heterocycles. The molecule has 1 aliphatic carbocycles. The first-order chi connectivity index (χ1) is 7.27. The summed E-state index contributed by atoms with van der Waals surface area (Å²) in [7, 11) is 1.13. The van der Waals surface area contributed by atoms with Gasteiger partial charge in [-0.1, -0.05) is 0 Å². The number of nitrogens with two attached hydrogens (primary N) is 2. The highest BCUT2D eigenvalue weighted by atomic mass is 19.4. The Hall–Kier alpha value is -1.66. The average Bonchev–Trinajstić information content (AvgIpc) is 2.18. The fourth-order valence-electron chi connectivity index (χ4n) is 1.43. The van der Waals surface area contributed by atoms with Gasteiger partial charge >= 0.3 is 12.1 Å². The largest absolute Gasteiger partial charge is 0.468 e. The summed E-state index contributed by atoms with van der Waals surface area (Å²) in [5.41, 5.74) is 9.05. The van der Waals surface area contributed by atoms with Gasteiger partial charge in [0.15, 0.2) is 0 Å². The van der Waals surface area contributed by atoms with Crippen LogP contribution in [0.15, 0.2) is 23.0 Å². The Morgan fingerprint density at radius 1 is 1.50 bits per heavy atom. The number of halogens is 3. The van der Waals surface area contributed by atoms with Crippen LogP contribution in [-0.2, 0) is 9.53 Å². The molecule has 4 nitrogen and oxygen atoms in total. The van der Waals surface area contributed by atoms with Crippen molar-refractivity contribution in [2.45, 2.75) is 12.6 Å². The van der Waals surface area contributed by atoms with Crippen LogP contribution in [0.25, 0.3) is 0 Å². The zero-order chi connectivity index (χ0) is 12.5. The van der Waals surface area contributed by atoms with Gasteiger partial charge in [-0.2, -0.15) is 13.2 Å². The lowest BCUT2D eigenvalue weighted by Crippen LogP contribution is -2.31. The maximum absolute atomic E-state index is 12.4. The molecule has 1 unspecified atom stereocenters. The molecule has 0 amide bonds. The molecule has 0 aromatic carbocycles. The minimum Gasteiger partial charge on any atom is -0.468 e. The van der Waals surface area contributed by atoms with Crippen molar-refractivity contribution in [3.63, 3.8) is 0 Å². The van der Waals surface area contributed by atoms with Gasteiger partial charge in [0.25, 0.3) is 0 Å². The van der Waals surface area contributed by atoms with E-state index in [1.807, 2.05) is 0 Å². The predicted octanol–water partition coefficient (Wildman–Crippen LogP) is 0.797. The highest BCUT2D eigenvalue weighted by Gasteiger charge is 2.39. The van der Waals surface area contributed by atoms with Gasteiger partial charge in [0.05, 0.1) is 12.7 Å². The molecule has 0 saturated heterocycles. The van der Waals surface area contributed by atoms with E-state index in [-0.39, 0.29) is 12.1 Å². The number of carbonyl (C=O) groups excluding carboxylic acids is 1. The average molecular weight is 236 g/mol. The molecule has 1 atom stereocenters. The van der Waals surface area contributed by atoms with Crippen LogP contribution in [0.3, 0.4) is 0 Å². The number of alkyl halides is 3. The SMILES string of the molecule is COC(=O)C1CC(N)=C(C(F)(F)F)C=C1N. The molecule has 1 rings (SSSR count). The lowest BCUT2D eigenvalue weighted by Gasteiger charge is -2.23. The highest BCUT2D eigenvalue weighted by Crippen LogP contribution is 2.35. The molecule has 90 valence electrons. The molecule has 16 heavy (non-hydrogen) atoms. The van der Waals surface area contributed by atoms with Crippen LogP contribution in [-0.4, -0.2) is 19.3 Å². The van der Waals surface area contributed by atoms with Crippen LogP contribution < -0.4 is 11.5 Å². The second-order valence-corrected chi connectivity index (χ2v) is 3.36. The minimum absolute atomic E-state index is 0.187. The molecule has 0 saturated carbocycles. The number of hydrogen-bond acceptors (Lipinski definition) is 4. The number of allylic oxidation sites excluding steroid dienone is 3. The van der Waals surface area contributed by atoms with Crippen molar-refractivity contribution < 1.29 is 22.7 Å². The van der Waals surface area contributed by atoms with Gasteiger partial charge in [-0.25, -0.2) is 0 Å². The quantitative estimate of drug-likeness (QED) is 0.660. The van der Waals surface area contributed by atoms with E-state index in [0.29, 0.717) is 6.08 Å². The molecule has 0 spiro atoms. The molecule has 0 radical (unpaired) electrons. The Morgan fingerprint density at radius 3 is 2.50 bits per heavy atom. The van der Waals surface area contributed by atoms with Gasteiger partial charge in [0.2, 0.25) is 0 Å². The van der Waals surface area contributed by atoms with Crippen molar-refractivity contribution in [3.05, 3.63) is 23.0 Å². The Morgan fingerprint density at radius 2 is 2.06 bits per heavy atom. The van der Waals surface area contributed by atoms with Gasteiger partial charge in [-0.15, -0.1) is 0 Å². The summed E-state index contributed by atoms with van der Waals surface area (Å²) in [5.74, 6) is -1.63. The van der Waals surface area contributed by atoms with Crippen molar-refractivity contribution in [2.24, 2.45) is 17.4 Å². The highest BCUT2D eigenvalue weighted by molar-refractivity contribution is 5.76. The molecule has 7 heteroatoms. The summed E-state index contributed by atoms with van der Waals surface area (Å²) in [6, 6.07) is 0. The Bertz CT molecular complexity index is 371. The molecule has 0 fully saturated rings. The number of esters is 1. The first-order valence-corrected chi connectivity index (χ1v) is 4.38. The normalized spacial score (nSPS) is 21.8. The lowest BCUT2D eigenvalue weighted by atomic mass is 9.91. The van der Waals surface area contributed by atoms with Crippen LogP contribution in [0.1, 0.15) is 6.42 Å². The lowest BCUT2D eigenvalue weighted by molar-refractivity contribution is -0.144. The van der Waals surface area contributed by atoms with E-state index >= 15 is 0 Å². The molecule has 1 aliphatic rings. The topological polar surface area (TPSA) is 78.3 Å². The molecule has 0 aromatic heterocycles. The van der Waals surface area contributed by atoms with Crippen LogP contribution in [0.5, 0.6) is 0 Å². The summed E-state index contributed by atoms with van der Waals surface area (Å²) < 4.78 is 41.7. The monoisotopic (exact) mass is 236 g/mol. The van der Waals surface area contributed by atoms with E-state index in [2.05, 4.69) is 4.74 Å². The third kappa shape index (κ3) is 2.29. The van der Waals surface area contributed by atoms with Crippen LogP contribution in [0.4, 0.5) is 13.2 Å². The summed E-state index contributed by atoms with van der Waals surface area (Å²) >= 11 is 0. The maximum Gasteiger partial charge on any atom is 0.418 e. The third-order valence-electron chi connectivity index (χ3n) is 2.27. The number of hydrogen-bond donors (Lipinski definition) is 2. The predicted molar refractivity (Wildman–Crippen MR) is 49.7 cm³/mol. The number of ether oxygens (including phenoxy) is 1. The minimum atomic E-state index is -4.56. The zero-order valence-electron chi connectivity index (χ0n) is 8.47. The second kappa shape index (κ2) is 4.07. The number of carbonyl (C=O) groups is 1. The molecular weight excluding hydrogens is 225 g/mol. The van der Waals surface area contributed by atoms with Crippen LogP contribution in [0, 0.1) is 5.92 Å². The number of methoxy groups -OCH3 is 1. The van der Waals surface area contributed by atoms with Crippen molar-refractivity contribution >= 4 is 5.97 Å². The molecule has 0 bridgehead atoms. The third-order valence-corrected chi connectivity index (χ3v) is 2.27. The van der Waals surface area contributed by atoms with E-state index in [1.165, 1.54) is 0 Å². The first kappa shape index (κ1) is 12.4.